The van der Waals surface area contributed by atoms with E-state index < -0.39 is 0 Å². The molecule has 2 amide bonds. The second-order valence-corrected chi connectivity index (χ2v) is 9.34. The van der Waals surface area contributed by atoms with Gasteiger partial charge in [0.15, 0.2) is 5.82 Å². The molecule has 0 unspecified atom stereocenters. The van der Waals surface area contributed by atoms with Gasteiger partial charge in [-0.2, -0.15) is 0 Å². The Labute approximate surface area is 207 Å². The Morgan fingerprint density at radius 3 is 2.41 bits per heavy atom. The fourth-order valence-electron chi connectivity index (χ4n) is 4.28. The Bertz CT molecular complexity index is 1130. The number of rotatable bonds is 6. The number of piperazine rings is 1. The molecule has 6 nitrogen and oxygen atoms in total. The van der Waals surface area contributed by atoms with Gasteiger partial charge in [0.25, 0.3) is 0 Å². The third-order valence-electron chi connectivity index (χ3n) is 5.99. The minimum Gasteiger partial charge on any atom is -0.353 e. The molecular formula is C27H32ClN5O. The van der Waals surface area contributed by atoms with Crippen molar-refractivity contribution in [2.24, 2.45) is 0 Å². The average molecular weight is 478 g/mol. The predicted molar refractivity (Wildman–Crippen MR) is 139 cm³/mol. The van der Waals surface area contributed by atoms with Crippen LogP contribution in [0.25, 0.3) is 11.4 Å². The highest BCUT2D eigenvalue weighted by atomic mass is 35.5. The number of amides is 2. The zero-order chi connectivity index (χ0) is 24.1. The minimum absolute atomic E-state index is 0.00397. The van der Waals surface area contributed by atoms with E-state index in [2.05, 4.69) is 23.2 Å². The Balaban J connectivity index is 1.69. The number of hydrogen-bond acceptors (Lipinski definition) is 4. The minimum atomic E-state index is -0.00397. The molecule has 0 aliphatic carbocycles. The number of aryl methyl sites for hydroxylation is 1. The summed E-state index contributed by atoms with van der Waals surface area (Å²) in [5, 5.41) is 3.72. The van der Waals surface area contributed by atoms with Crippen molar-refractivity contribution in [3.8, 4) is 11.4 Å². The van der Waals surface area contributed by atoms with Gasteiger partial charge in [-0.25, -0.2) is 14.8 Å². The van der Waals surface area contributed by atoms with Crippen LogP contribution in [0.5, 0.6) is 0 Å². The molecule has 1 aliphatic heterocycles. The number of halogens is 1. The van der Waals surface area contributed by atoms with Gasteiger partial charge in [0, 0.05) is 60.5 Å². The van der Waals surface area contributed by atoms with Crippen LogP contribution < -0.4 is 10.2 Å². The van der Waals surface area contributed by atoms with E-state index in [1.807, 2.05) is 67.3 Å². The average Bonchev–Trinajstić information content (AvgIpc) is 2.84. The number of carbonyl (C=O) groups is 1. The molecule has 2 heterocycles. The summed E-state index contributed by atoms with van der Waals surface area (Å²) in [5.41, 5.74) is 4.31. The lowest BCUT2D eigenvalue weighted by Crippen LogP contribution is -2.53. The molecule has 2 aromatic carbocycles. The predicted octanol–water partition coefficient (Wildman–Crippen LogP) is 5.19. The molecule has 0 radical (unpaired) electrons. The first-order valence-corrected chi connectivity index (χ1v) is 12.3. The number of aromatic nitrogens is 2. The standard InChI is InChI=1S/C27H32ClN5O/c1-4-24-23(18-20-9-8-12-22(28)17-20)26(31-25(30-24)21-10-6-5-7-11-21)32-13-15-33(16-14-32)27(34)29-19(2)3/h5-12,17,19H,4,13-16,18H2,1-3H3,(H,29,34). The lowest BCUT2D eigenvalue weighted by Gasteiger charge is -2.37. The highest BCUT2D eigenvalue weighted by molar-refractivity contribution is 6.30. The van der Waals surface area contributed by atoms with E-state index in [-0.39, 0.29) is 12.1 Å². The van der Waals surface area contributed by atoms with E-state index in [1.165, 1.54) is 0 Å². The molecule has 1 fully saturated rings. The van der Waals surface area contributed by atoms with E-state index in [0.29, 0.717) is 19.5 Å². The van der Waals surface area contributed by atoms with Gasteiger partial charge in [0.05, 0.1) is 0 Å². The molecule has 0 saturated carbocycles. The molecule has 178 valence electrons. The van der Waals surface area contributed by atoms with Crippen molar-refractivity contribution in [2.75, 3.05) is 31.1 Å². The third-order valence-corrected chi connectivity index (χ3v) is 6.22. The summed E-state index contributed by atoms with van der Waals surface area (Å²) >= 11 is 6.28. The van der Waals surface area contributed by atoms with E-state index >= 15 is 0 Å². The van der Waals surface area contributed by atoms with Gasteiger partial charge in [-0.15, -0.1) is 0 Å². The molecule has 0 bridgehead atoms. The number of hydrogen-bond donors (Lipinski definition) is 1. The van der Waals surface area contributed by atoms with Gasteiger partial charge in [0.1, 0.15) is 5.82 Å². The first kappa shape index (κ1) is 24.0. The van der Waals surface area contributed by atoms with Crippen LogP contribution in [0, 0.1) is 0 Å². The van der Waals surface area contributed by atoms with Crippen LogP contribution in [0.15, 0.2) is 54.6 Å². The lowest BCUT2D eigenvalue weighted by atomic mass is 10.0. The van der Waals surface area contributed by atoms with E-state index in [1.54, 1.807) is 0 Å². The summed E-state index contributed by atoms with van der Waals surface area (Å²) in [6.07, 6.45) is 1.52. The maximum Gasteiger partial charge on any atom is 0.317 e. The van der Waals surface area contributed by atoms with Crippen LogP contribution in [0.2, 0.25) is 5.02 Å². The fourth-order valence-corrected chi connectivity index (χ4v) is 4.49. The number of urea groups is 1. The first-order valence-electron chi connectivity index (χ1n) is 11.9. The van der Waals surface area contributed by atoms with Gasteiger partial charge < -0.3 is 15.1 Å². The number of carbonyl (C=O) groups excluding carboxylic acids is 1. The Morgan fingerprint density at radius 2 is 1.76 bits per heavy atom. The Hall–Kier alpha value is -3.12. The van der Waals surface area contributed by atoms with Crippen LogP contribution in [-0.2, 0) is 12.8 Å². The number of benzene rings is 2. The van der Waals surface area contributed by atoms with Gasteiger partial charge in [-0.05, 0) is 38.0 Å². The summed E-state index contributed by atoms with van der Waals surface area (Å²) in [5.74, 6) is 1.69. The maximum absolute atomic E-state index is 12.5. The van der Waals surface area contributed by atoms with Crippen LogP contribution in [0.1, 0.15) is 37.6 Å². The zero-order valence-corrected chi connectivity index (χ0v) is 20.8. The first-order chi connectivity index (χ1) is 16.4. The summed E-state index contributed by atoms with van der Waals surface area (Å²) in [6.45, 7) is 8.85. The van der Waals surface area contributed by atoms with Crippen molar-refractivity contribution in [3.63, 3.8) is 0 Å². The smallest absolute Gasteiger partial charge is 0.317 e. The molecule has 4 rings (SSSR count). The monoisotopic (exact) mass is 477 g/mol. The van der Waals surface area contributed by atoms with Crippen molar-refractivity contribution in [1.82, 2.24) is 20.2 Å². The molecule has 7 heteroatoms. The Morgan fingerprint density at radius 1 is 1.03 bits per heavy atom. The number of nitrogens with zero attached hydrogens (tertiary/aromatic N) is 4. The van der Waals surface area contributed by atoms with Crippen molar-refractivity contribution < 1.29 is 4.79 Å². The van der Waals surface area contributed by atoms with E-state index in [0.717, 1.165) is 58.6 Å². The molecule has 34 heavy (non-hydrogen) atoms. The van der Waals surface area contributed by atoms with Gasteiger partial charge in [-0.1, -0.05) is 61.0 Å². The summed E-state index contributed by atoms with van der Waals surface area (Å²) in [6, 6.07) is 18.2. The molecule has 1 aliphatic rings. The van der Waals surface area contributed by atoms with Crippen LogP contribution in [0.4, 0.5) is 10.6 Å². The summed E-state index contributed by atoms with van der Waals surface area (Å²) in [4.78, 5) is 26.7. The molecule has 3 aromatic rings. The highest BCUT2D eigenvalue weighted by Gasteiger charge is 2.26. The van der Waals surface area contributed by atoms with Crippen molar-refractivity contribution >= 4 is 23.4 Å². The quantitative estimate of drug-likeness (QED) is 0.530. The topological polar surface area (TPSA) is 61.4 Å². The maximum atomic E-state index is 12.5. The van der Waals surface area contributed by atoms with Gasteiger partial charge >= 0.3 is 6.03 Å². The molecule has 1 N–H and O–H groups in total. The largest absolute Gasteiger partial charge is 0.353 e. The van der Waals surface area contributed by atoms with Crippen molar-refractivity contribution in [2.45, 2.75) is 39.7 Å². The molecule has 1 saturated heterocycles. The van der Waals surface area contributed by atoms with Crippen LogP contribution in [0.3, 0.4) is 0 Å². The van der Waals surface area contributed by atoms with E-state index in [4.69, 9.17) is 21.6 Å². The van der Waals surface area contributed by atoms with Gasteiger partial charge in [0.2, 0.25) is 0 Å². The fraction of sp³-hybridized carbons (Fsp3) is 0.370. The zero-order valence-electron chi connectivity index (χ0n) is 20.1. The molecule has 0 spiro atoms. The molecular weight excluding hydrogens is 446 g/mol. The van der Waals surface area contributed by atoms with E-state index in [9.17, 15) is 4.79 Å². The van der Waals surface area contributed by atoms with Crippen LogP contribution in [-0.4, -0.2) is 53.1 Å². The van der Waals surface area contributed by atoms with Gasteiger partial charge in [-0.3, -0.25) is 0 Å². The Kier molecular flexibility index (Phi) is 7.68. The van der Waals surface area contributed by atoms with Crippen molar-refractivity contribution in [1.29, 1.82) is 0 Å². The lowest BCUT2D eigenvalue weighted by molar-refractivity contribution is 0.191. The second-order valence-electron chi connectivity index (χ2n) is 8.90. The highest BCUT2D eigenvalue weighted by Crippen LogP contribution is 2.29. The molecule has 1 aromatic heterocycles. The number of anilines is 1. The summed E-state index contributed by atoms with van der Waals surface area (Å²) in [7, 11) is 0. The third kappa shape index (κ3) is 5.68. The number of nitrogens with one attached hydrogen (secondary N) is 1. The molecule has 0 atom stereocenters. The second kappa shape index (κ2) is 10.9. The SMILES string of the molecule is CCc1nc(-c2ccccc2)nc(N2CCN(C(=O)NC(C)C)CC2)c1Cc1cccc(Cl)c1. The summed E-state index contributed by atoms with van der Waals surface area (Å²) < 4.78 is 0. The normalized spacial score (nSPS) is 13.9. The van der Waals surface area contributed by atoms with Crippen molar-refractivity contribution in [3.05, 3.63) is 76.4 Å². The van der Waals surface area contributed by atoms with Crippen LogP contribution >= 0.6 is 11.6 Å².